The lowest BCUT2D eigenvalue weighted by Crippen LogP contribution is -2.23. The smallest absolute Gasteiger partial charge is 0.220 e. The standard InChI is InChI=1S/C19H23NO3/c1-15-8-3-5-10-17(15)23-13-7-12-19(21)20-14-16-9-4-6-11-18(16)22-2/h3-6,8-11H,7,12-14H2,1-2H3,(H,20,21). The summed E-state index contributed by atoms with van der Waals surface area (Å²) >= 11 is 0. The van der Waals surface area contributed by atoms with Crippen LogP contribution in [-0.4, -0.2) is 19.6 Å². The number of hydrogen-bond donors (Lipinski definition) is 1. The number of amides is 1. The number of ether oxygens (including phenoxy) is 2. The van der Waals surface area contributed by atoms with Crippen molar-refractivity contribution in [1.82, 2.24) is 5.32 Å². The Morgan fingerprint density at radius 1 is 1.04 bits per heavy atom. The number of aryl methyl sites for hydroxylation is 1. The van der Waals surface area contributed by atoms with Gasteiger partial charge in [-0.1, -0.05) is 36.4 Å². The number of hydrogen-bond acceptors (Lipinski definition) is 3. The molecule has 2 aromatic carbocycles. The second kappa shape index (κ2) is 8.83. The number of rotatable bonds is 8. The molecule has 122 valence electrons. The van der Waals surface area contributed by atoms with Gasteiger partial charge in [-0.2, -0.15) is 0 Å². The fourth-order valence-corrected chi connectivity index (χ4v) is 2.26. The number of methoxy groups -OCH3 is 1. The van der Waals surface area contributed by atoms with E-state index in [0.29, 0.717) is 26.0 Å². The Bertz CT molecular complexity index is 640. The zero-order valence-electron chi connectivity index (χ0n) is 13.7. The molecule has 1 N–H and O–H groups in total. The van der Waals surface area contributed by atoms with E-state index >= 15 is 0 Å². The van der Waals surface area contributed by atoms with Crippen LogP contribution in [0.25, 0.3) is 0 Å². The molecule has 0 saturated carbocycles. The van der Waals surface area contributed by atoms with E-state index in [1.165, 1.54) is 0 Å². The van der Waals surface area contributed by atoms with Gasteiger partial charge in [0.2, 0.25) is 5.91 Å². The van der Waals surface area contributed by atoms with Gasteiger partial charge < -0.3 is 14.8 Å². The Hall–Kier alpha value is -2.49. The minimum Gasteiger partial charge on any atom is -0.496 e. The third-order valence-electron chi connectivity index (χ3n) is 3.57. The van der Waals surface area contributed by atoms with E-state index in [2.05, 4.69) is 5.32 Å². The second-order valence-corrected chi connectivity index (χ2v) is 5.31. The van der Waals surface area contributed by atoms with Gasteiger partial charge >= 0.3 is 0 Å². The third-order valence-corrected chi connectivity index (χ3v) is 3.57. The van der Waals surface area contributed by atoms with Gasteiger partial charge in [0.1, 0.15) is 11.5 Å². The van der Waals surface area contributed by atoms with Gasteiger partial charge in [0.15, 0.2) is 0 Å². The second-order valence-electron chi connectivity index (χ2n) is 5.31. The number of carbonyl (C=O) groups excluding carboxylic acids is 1. The summed E-state index contributed by atoms with van der Waals surface area (Å²) in [6.45, 7) is 3.02. The monoisotopic (exact) mass is 313 g/mol. The third kappa shape index (κ3) is 5.33. The van der Waals surface area contributed by atoms with Crippen molar-refractivity contribution in [2.45, 2.75) is 26.3 Å². The van der Waals surface area contributed by atoms with Gasteiger partial charge in [-0.15, -0.1) is 0 Å². The largest absolute Gasteiger partial charge is 0.496 e. The zero-order chi connectivity index (χ0) is 16.5. The zero-order valence-corrected chi connectivity index (χ0v) is 13.7. The van der Waals surface area contributed by atoms with Crippen LogP contribution in [0, 0.1) is 6.92 Å². The first-order chi connectivity index (χ1) is 11.2. The number of carbonyl (C=O) groups is 1. The summed E-state index contributed by atoms with van der Waals surface area (Å²) in [7, 11) is 1.63. The predicted molar refractivity (Wildman–Crippen MR) is 90.7 cm³/mol. The molecule has 0 fully saturated rings. The van der Waals surface area contributed by atoms with E-state index in [9.17, 15) is 4.79 Å². The molecule has 0 aliphatic carbocycles. The maximum atomic E-state index is 11.9. The van der Waals surface area contributed by atoms with Gasteiger partial charge in [0.05, 0.1) is 13.7 Å². The highest BCUT2D eigenvalue weighted by Crippen LogP contribution is 2.17. The molecule has 23 heavy (non-hydrogen) atoms. The molecule has 2 rings (SSSR count). The van der Waals surface area contributed by atoms with Crippen molar-refractivity contribution in [1.29, 1.82) is 0 Å². The molecule has 2 aromatic rings. The first kappa shape index (κ1) is 16.9. The summed E-state index contributed by atoms with van der Waals surface area (Å²) in [5, 5.41) is 2.91. The molecule has 0 bridgehead atoms. The number of para-hydroxylation sites is 2. The molecule has 0 aliphatic rings. The summed E-state index contributed by atoms with van der Waals surface area (Å²) in [6.07, 6.45) is 1.13. The summed E-state index contributed by atoms with van der Waals surface area (Å²) in [4.78, 5) is 11.9. The number of benzene rings is 2. The van der Waals surface area contributed by atoms with Crippen molar-refractivity contribution < 1.29 is 14.3 Å². The van der Waals surface area contributed by atoms with Gasteiger partial charge in [-0.25, -0.2) is 0 Å². The quantitative estimate of drug-likeness (QED) is 0.759. The van der Waals surface area contributed by atoms with Crippen LogP contribution < -0.4 is 14.8 Å². The summed E-state index contributed by atoms with van der Waals surface area (Å²) in [5.74, 6) is 1.68. The normalized spacial score (nSPS) is 10.2. The topological polar surface area (TPSA) is 47.6 Å². The predicted octanol–water partition coefficient (Wildman–Crippen LogP) is 3.48. The van der Waals surface area contributed by atoms with Crippen molar-refractivity contribution in [2.24, 2.45) is 0 Å². The highest BCUT2D eigenvalue weighted by Gasteiger charge is 2.05. The number of nitrogens with one attached hydrogen (secondary N) is 1. The molecule has 4 nitrogen and oxygen atoms in total. The summed E-state index contributed by atoms with van der Waals surface area (Å²) in [5.41, 5.74) is 2.08. The van der Waals surface area contributed by atoms with E-state index in [4.69, 9.17) is 9.47 Å². The maximum absolute atomic E-state index is 11.9. The first-order valence-electron chi connectivity index (χ1n) is 7.77. The first-order valence-corrected chi connectivity index (χ1v) is 7.77. The minimum absolute atomic E-state index is 0.0179. The lowest BCUT2D eigenvalue weighted by Gasteiger charge is -2.10. The van der Waals surface area contributed by atoms with Crippen molar-refractivity contribution in [3.63, 3.8) is 0 Å². The fraction of sp³-hybridized carbons (Fsp3) is 0.316. The molecular formula is C19H23NO3. The Labute approximate surface area is 137 Å². The van der Waals surface area contributed by atoms with Gasteiger partial charge in [-0.3, -0.25) is 4.79 Å². The molecule has 0 aliphatic heterocycles. The van der Waals surface area contributed by atoms with Crippen LogP contribution in [0.1, 0.15) is 24.0 Å². The SMILES string of the molecule is COc1ccccc1CNC(=O)CCCOc1ccccc1C. The maximum Gasteiger partial charge on any atom is 0.220 e. The van der Waals surface area contributed by atoms with Crippen LogP contribution in [0.5, 0.6) is 11.5 Å². The highest BCUT2D eigenvalue weighted by molar-refractivity contribution is 5.75. The fourth-order valence-electron chi connectivity index (χ4n) is 2.26. The minimum atomic E-state index is 0.0179. The highest BCUT2D eigenvalue weighted by atomic mass is 16.5. The average molecular weight is 313 g/mol. The molecule has 4 heteroatoms. The van der Waals surface area contributed by atoms with E-state index in [-0.39, 0.29) is 5.91 Å². The van der Waals surface area contributed by atoms with Gasteiger partial charge in [-0.05, 0) is 31.0 Å². The molecule has 0 heterocycles. The molecule has 0 radical (unpaired) electrons. The molecule has 1 amide bonds. The van der Waals surface area contributed by atoms with E-state index < -0.39 is 0 Å². The van der Waals surface area contributed by atoms with Crippen molar-refractivity contribution in [2.75, 3.05) is 13.7 Å². The Morgan fingerprint density at radius 2 is 1.74 bits per heavy atom. The molecule has 0 aromatic heterocycles. The van der Waals surface area contributed by atoms with Crippen LogP contribution in [-0.2, 0) is 11.3 Å². The van der Waals surface area contributed by atoms with E-state index in [1.54, 1.807) is 7.11 Å². The lowest BCUT2D eigenvalue weighted by molar-refractivity contribution is -0.121. The van der Waals surface area contributed by atoms with Crippen LogP contribution >= 0.6 is 0 Å². The Balaban J connectivity index is 1.68. The van der Waals surface area contributed by atoms with Crippen LogP contribution in [0.4, 0.5) is 0 Å². The van der Waals surface area contributed by atoms with E-state index in [1.807, 2.05) is 55.5 Å². The Kier molecular flexibility index (Phi) is 6.48. The molecular weight excluding hydrogens is 290 g/mol. The molecule has 0 saturated heterocycles. The van der Waals surface area contributed by atoms with E-state index in [0.717, 1.165) is 22.6 Å². The summed E-state index contributed by atoms with van der Waals surface area (Å²) < 4.78 is 11.0. The summed E-state index contributed by atoms with van der Waals surface area (Å²) in [6, 6.07) is 15.5. The molecule has 0 unspecified atom stereocenters. The van der Waals surface area contributed by atoms with Crippen LogP contribution in [0.15, 0.2) is 48.5 Å². The average Bonchev–Trinajstić information content (AvgIpc) is 2.58. The van der Waals surface area contributed by atoms with Crippen molar-refractivity contribution in [3.8, 4) is 11.5 Å². The molecule has 0 atom stereocenters. The van der Waals surface area contributed by atoms with Crippen molar-refractivity contribution in [3.05, 3.63) is 59.7 Å². The Morgan fingerprint density at radius 3 is 2.48 bits per heavy atom. The molecule has 0 spiro atoms. The van der Waals surface area contributed by atoms with Gasteiger partial charge in [0.25, 0.3) is 0 Å². The van der Waals surface area contributed by atoms with Crippen LogP contribution in [0.2, 0.25) is 0 Å². The lowest BCUT2D eigenvalue weighted by atomic mass is 10.2. The van der Waals surface area contributed by atoms with Crippen LogP contribution in [0.3, 0.4) is 0 Å². The van der Waals surface area contributed by atoms with Crippen molar-refractivity contribution >= 4 is 5.91 Å². The van der Waals surface area contributed by atoms with Gasteiger partial charge in [0, 0.05) is 18.5 Å².